The number of benzene rings is 1. The van der Waals surface area contributed by atoms with Gasteiger partial charge in [-0.25, -0.2) is 4.79 Å². The first-order chi connectivity index (χ1) is 12.2. The molecule has 0 radical (unpaired) electrons. The number of anilines is 1. The van der Waals surface area contributed by atoms with E-state index in [2.05, 4.69) is 19.1 Å². The van der Waals surface area contributed by atoms with Crippen molar-refractivity contribution in [3.05, 3.63) is 29.3 Å². The van der Waals surface area contributed by atoms with Gasteiger partial charge in [0.25, 0.3) is 0 Å². The van der Waals surface area contributed by atoms with E-state index in [1.54, 1.807) is 4.90 Å². The Labute approximate surface area is 157 Å². The second kappa shape index (κ2) is 8.02. The van der Waals surface area contributed by atoms with Gasteiger partial charge in [-0.15, -0.1) is 0 Å². The molecule has 5 nitrogen and oxygen atoms in total. The van der Waals surface area contributed by atoms with E-state index >= 15 is 0 Å². The van der Waals surface area contributed by atoms with Crippen molar-refractivity contribution < 1.29 is 14.3 Å². The van der Waals surface area contributed by atoms with Gasteiger partial charge in [-0.3, -0.25) is 0 Å². The summed E-state index contributed by atoms with van der Waals surface area (Å²) in [6.45, 7) is 12.9. The van der Waals surface area contributed by atoms with Gasteiger partial charge in [-0.05, 0) is 51.3 Å². The monoisotopic (exact) mass is 360 g/mol. The number of amides is 1. The Hall–Kier alpha value is -2.17. The number of ether oxygens (including phenoxy) is 2. The molecule has 26 heavy (non-hydrogen) atoms. The van der Waals surface area contributed by atoms with Gasteiger partial charge >= 0.3 is 6.09 Å². The first kappa shape index (κ1) is 20.1. The van der Waals surface area contributed by atoms with E-state index in [9.17, 15) is 4.79 Å². The van der Waals surface area contributed by atoms with Crippen LogP contribution in [0.2, 0.25) is 0 Å². The molecular formula is C21H32N2O3. The maximum atomic E-state index is 12.2. The van der Waals surface area contributed by atoms with E-state index in [1.807, 2.05) is 40.7 Å². The van der Waals surface area contributed by atoms with Gasteiger partial charge in [0.15, 0.2) is 0 Å². The van der Waals surface area contributed by atoms with Crippen LogP contribution in [-0.4, -0.2) is 35.8 Å². The predicted molar refractivity (Wildman–Crippen MR) is 106 cm³/mol. The van der Waals surface area contributed by atoms with E-state index in [-0.39, 0.29) is 12.2 Å². The highest BCUT2D eigenvalue weighted by molar-refractivity contribution is 5.77. The van der Waals surface area contributed by atoms with Crippen molar-refractivity contribution in [3.8, 4) is 5.75 Å². The van der Waals surface area contributed by atoms with Gasteiger partial charge in [0.1, 0.15) is 17.5 Å². The second-order valence-corrected chi connectivity index (χ2v) is 7.55. The molecule has 2 aliphatic heterocycles. The van der Waals surface area contributed by atoms with E-state index in [4.69, 9.17) is 15.2 Å². The Balaban J connectivity index is 0.00000117. The van der Waals surface area contributed by atoms with E-state index in [0.29, 0.717) is 18.8 Å². The molecule has 1 amide bonds. The van der Waals surface area contributed by atoms with Crippen LogP contribution in [-0.2, 0) is 11.2 Å². The van der Waals surface area contributed by atoms with Crippen LogP contribution in [0.4, 0.5) is 10.5 Å². The van der Waals surface area contributed by atoms with Crippen molar-refractivity contribution in [2.24, 2.45) is 0 Å². The molecule has 1 aromatic rings. The van der Waals surface area contributed by atoms with E-state index in [1.165, 1.54) is 16.7 Å². The normalized spacial score (nSPS) is 18.9. The quantitative estimate of drug-likeness (QED) is 0.741. The van der Waals surface area contributed by atoms with Crippen molar-refractivity contribution >= 4 is 17.4 Å². The number of carbonyl (C=O) groups is 1. The van der Waals surface area contributed by atoms with E-state index in [0.717, 1.165) is 18.6 Å². The number of fused-ring (bicyclic) bond motifs is 1. The summed E-state index contributed by atoms with van der Waals surface area (Å²) >= 11 is 0. The number of hydrogen-bond acceptors (Lipinski definition) is 4. The highest BCUT2D eigenvalue weighted by Gasteiger charge is 2.28. The highest BCUT2D eigenvalue weighted by Crippen LogP contribution is 2.40. The number of hydrogen-bond donors (Lipinski definition) is 1. The van der Waals surface area contributed by atoms with Crippen molar-refractivity contribution in [1.29, 1.82) is 0 Å². The zero-order valence-corrected chi connectivity index (χ0v) is 16.9. The summed E-state index contributed by atoms with van der Waals surface area (Å²) < 4.78 is 11.3. The fourth-order valence-corrected chi connectivity index (χ4v) is 3.22. The molecule has 1 atom stereocenters. The third kappa shape index (κ3) is 4.51. The van der Waals surface area contributed by atoms with Gasteiger partial charge in [0, 0.05) is 25.1 Å². The minimum atomic E-state index is -0.466. The third-order valence-corrected chi connectivity index (χ3v) is 4.31. The third-order valence-electron chi connectivity index (χ3n) is 4.31. The van der Waals surface area contributed by atoms with Crippen molar-refractivity contribution in [3.63, 3.8) is 0 Å². The zero-order valence-electron chi connectivity index (χ0n) is 16.9. The van der Waals surface area contributed by atoms with Gasteiger partial charge < -0.3 is 20.1 Å². The first-order valence-electron chi connectivity index (χ1n) is 9.50. The molecule has 0 bridgehead atoms. The fourth-order valence-electron chi connectivity index (χ4n) is 3.22. The van der Waals surface area contributed by atoms with Crippen LogP contribution in [0.15, 0.2) is 18.2 Å². The lowest BCUT2D eigenvalue weighted by atomic mass is 9.92. The lowest BCUT2D eigenvalue weighted by molar-refractivity contribution is 0.0270. The molecule has 0 spiro atoms. The van der Waals surface area contributed by atoms with Gasteiger partial charge in [0.2, 0.25) is 0 Å². The fraction of sp³-hybridized carbons (Fsp3) is 0.571. The number of nitrogen functional groups attached to an aromatic ring is 1. The average Bonchev–Trinajstić information content (AvgIpc) is 2.98. The van der Waals surface area contributed by atoms with Crippen LogP contribution in [0.5, 0.6) is 5.75 Å². The molecule has 0 saturated heterocycles. The average molecular weight is 360 g/mol. The molecule has 1 unspecified atom stereocenters. The van der Waals surface area contributed by atoms with Crippen LogP contribution in [0.3, 0.4) is 0 Å². The van der Waals surface area contributed by atoms with Crippen LogP contribution >= 0.6 is 0 Å². The molecule has 0 saturated carbocycles. The van der Waals surface area contributed by atoms with Gasteiger partial charge in [-0.1, -0.05) is 26.0 Å². The summed E-state index contributed by atoms with van der Waals surface area (Å²) in [6, 6.07) is 3.98. The predicted octanol–water partition coefficient (Wildman–Crippen LogP) is 4.64. The van der Waals surface area contributed by atoms with Crippen LogP contribution in [0, 0.1) is 0 Å². The summed E-state index contributed by atoms with van der Waals surface area (Å²) in [6.07, 6.45) is 3.71. The molecule has 1 aromatic carbocycles. The summed E-state index contributed by atoms with van der Waals surface area (Å²) in [4.78, 5) is 13.9. The number of rotatable bonds is 1. The van der Waals surface area contributed by atoms with Crippen molar-refractivity contribution in [2.45, 2.75) is 66.1 Å². The molecule has 0 fully saturated rings. The highest BCUT2D eigenvalue weighted by atomic mass is 16.6. The maximum absolute atomic E-state index is 12.2. The molecular weight excluding hydrogens is 328 g/mol. The van der Waals surface area contributed by atoms with Crippen LogP contribution < -0.4 is 10.5 Å². The maximum Gasteiger partial charge on any atom is 0.410 e. The molecule has 2 aliphatic rings. The SMILES string of the molecule is CC.CC1Cc2c(C3=CCN(C(=O)OC(C)(C)C)CC3)ccc(N)c2O1. The topological polar surface area (TPSA) is 64.8 Å². The lowest BCUT2D eigenvalue weighted by Gasteiger charge is -2.30. The molecule has 2 N–H and O–H groups in total. The van der Waals surface area contributed by atoms with Crippen LogP contribution in [0.1, 0.15) is 59.1 Å². The van der Waals surface area contributed by atoms with Crippen molar-refractivity contribution in [1.82, 2.24) is 4.90 Å². The second-order valence-electron chi connectivity index (χ2n) is 7.55. The molecule has 5 heteroatoms. The number of carbonyl (C=O) groups excluding carboxylic acids is 1. The molecule has 0 aliphatic carbocycles. The lowest BCUT2D eigenvalue weighted by Crippen LogP contribution is -2.39. The smallest absolute Gasteiger partial charge is 0.410 e. The van der Waals surface area contributed by atoms with Crippen molar-refractivity contribution in [2.75, 3.05) is 18.8 Å². The molecule has 2 heterocycles. The van der Waals surface area contributed by atoms with E-state index < -0.39 is 5.60 Å². The zero-order chi connectivity index (χ0) is 19.5. The Kier molecular flexibility index (Phi) is 6.21. The van der Waals surface area contributed by atoms with Gasteiger partial charge in [0.05, 0.1) is 5.69 Å². The number of nitrogens with zero attached hydrogens (tertiary/aromatic N) is 1. The van der Waals surface area contributed by atoms with Gasteiger partial charge in [-0.2, -0.15) is 0 Å². The summed E-state index contributed by atoms with van der Waals surface area (Å²) in [5, 5.41) is 0. The number of nitrogens with two attached hydrogens (primary N) is 1. The Bertz CT molecular complexity index is 689. The minimum absolute atomic E-state index is 0.158. The first-order valence-corrected chi connectivity index (χ1v) is 9.50. The summed E-state index contributed by atoms with van der Waals surface area (Å²) in [7, 11) is 0. The Morgan fingerprint density at radius 2 is 2.00 bits per heavy atom. The largest absolute Gasteiger partial charge is 0.488 e. The minimum Gasteiger partial charge on any atom is -0.488 e. The molecule has 3 rings (SSSR count). The van der Waals surface area contributed by atoms with Crippen LogP contribution in [0.25, 0.3) is 5.57 Å². The summed E-state index contributed by atoms with van der Waals surface area (Å²) in [5.41, 5.74) is 9.92. The Morgan fingerprint density at radius 1 is 1.31 bits per heavy atom. The Morgan fingerprint density at radius 3 is 2.58 bits per heavy atom. The summed E-state index contributed by atoms with van der Waals surface area (Å²) in [5.74, 6) is 0.829. The molecule has 144 valence electrons. The molecule has 0 aromatic heterocycles. The standard InChI is InChI=1S/C19H26N2O3.C2H6/c1-12-11-15-14(5-6-16(20)17(15)23-12)13-7-9-21(10-8-13)18(22)24-19(2,3)4;1-2/h5-7,12H,8-11,20H2,1-4H3;1-2H3.